The van der Waals surface area contributed by atoms with E-state index in [9.17, 15) is 18.0 Å². The summed E-state index contributed by atoms with van der Waals surface area (Å²) in [7, 11) is -2.67. The van der Waals surface area contributed by atoms with Crippen LogP contribution in [0.1, 0.15) is 22.3 Å². The molecule has 0 aromatic heterocycles. The Balaban J connectivity index is 1.57. The Labute approximate surface area is 219 Å². The highest BCUT2D eigenvalue weighted by Crippen LogP contribution is 2.45. The van der Waals surface area contributed by atoms with Gasteiger partial charge in [-0.2, -0.15) is 0 Å². The van der Waals surface area contributed by atoms with Gasteiger partial charge in [0, 0.05) is 17.5 Å². The van der Waals surface area contributed by atoms with Gasteiger partial charge >= 0.3 is 0 Å². The maximum absolute atomic E-state index is 13.8. The number of carbonyl (C=O) groups is 2. The number of aryl methyl sites for hydroxylation is 1. The van der Waals surface area contributed by atoms with Gasteiger partial charge in [-0.05, 0) is 66.7 Å². The molecule has 1 unspecified atom stereocenters. The van der Waals surface area contributed by atoms with Crippen LogP contribution in [0.2, 0.25) is 0 Å². The Morgan fingerprint density at radius 1 is 0.946 bits per heavy atom. The molecule has 0 radical (unpaired) electrons. The van der Waals surface area contributed by atoms with E-state index < -0.39 is 30.8 Å². The first-order chi connectivity index (χ1) is 17.7. The predicted molar refractivity (Wildman–Crippen MR) is 138 cm³/mol. The van der Waals surface area contributed by atoms with Crippen LogP contribution in [0.15, 0.2) is 77.7 Å². The number of methoxy groups -OCH3 is 1. The number of benzene rings is 3. The van der Waals surface area contributed by atoms with E-state index in [0.717, 1.165) is 11.1 Å². The van der Waals surface area contributed by atoms with Crippen LogP contribution in [0.3, 0.4) is 0 Å². The molecule has 0 spiro atoms. The van der Waals surface area contributed by atoms with E-state index in [0.29, 0.717) is 41.9 Å². The molecule has 0 bridgehead atoms. The largest absolute Gasteiger partial charge is 0.497 e. The Bertz CT molecular complexity index is 1450. The summed E-state index contributed by atoms with van der Waals surface area (Å²) in [5.41, 5.74) is 2.80. The van der Waals surface area contributed by atoms with E-state index in [1.54, 1.807) is 49.6 Å². The third-order valence-electron chi connectivity index (χ3n) is 6.49. The molecule has 1 atom stereocenters. The molecule has 5 rings (SSSR count). The van der Waals surface area contributed by atoms with Crippen molar-refractivity contribution in [3.63, 3.8) is 0 Å². The Morgan fingerprint density at radius 2 is 1.62 bits per heavy atom. The second-order valence-corrected chi connectivity index (χ2v) is 12.5. The Kier molecular flexibility index (Phi) is 6.61. The quantitative estimate of drug-likeness (QED) is 0.481. The number of amides is 2. The standard InChI is InChI=1S/C27H25NO7S2/c1-18-6-12-23(13-7-18)37(31,32)26(24(29)28-25(30)36-26)17-19-4-3-5-21(16-19)27(34-14-15-35-27)20-8-10-22(33-2)11-9-20/h3-13,16H,14-15,17H2,1-2H3,(H,28,29,30). The van der Waals surface area contributed by atoms with Crippen LogP contribution >= 0.6 is 11.8 Å². The lowest BCUT2D eigenvalue weighted by Crippen LogP contribution is -2.45. The lowest BCUT2D eigenvalue weighted by Gasteiger charge is -2.30. The monoisotopic (exact) mass is 539 g/mol. The molecule has 2 saturated heterocycles. The SMILES string of the molecule is COc1ccc(C2(c3cccc(CC4(S(=O)(=O)c5ccc(C)cc5)SC(=O)NC4=O)c3)OCCO2)cc1. The van der Waals surface area contributed by atoms with Crippen molar-refractivity contribution in [1.82, 2.24) is 5.32 Å². The lowest BCUT2D eigenvalue weighted by atomic mass is 9.94. The third kappa shape index (κ3) is 4.33. The number of nitrogens with one attached hydrogen (secondary N) is 1. The highest BCUT2D eigenvalue weighted by atomic mass is 32.3. The Hall–Kier alpha value is -3.18. The van der Waals surface area contributed by atoms with Gasteiger partial charge < -0.3 is 14.2 Å². The fourth-order valence-electron chi connectivity index (χ4n) is 4.58. The number of hydrogen-bond acceptors (Lipinski definition) is 8. The fraction of sp³-hybridized carbons (Fsp3) is 0.259. The third-order valence-corrected chi connectivity index (χ3v) is 10.4. The minimum Gasteiger partial charge on any atom is -0.497 e. The van der Waals surface area contributed by atoms with Gasteiger partial charge in [-0.15, -0.1) is 0 Å². The summed E-state index contributed by atoms with van der Waals surface area (Å²) in [6.45, 7) is 2.58. The van der Waals surface area contributed by atoms with Gasteiger partial charge in [0.2, 0.25) is 19.7 Å². The van der Waals surface area contributed by atoms with Crippen molar-refractivity contribution < 1.29 is 32.2 Å². The van der Waals surface area contributed by atoms with Crippen LogP contribution in [0.5, 0.6) is 5.75 Å². The number of carbonyl (C=O) groups excluding carboxylic acids is 2. The Morgan fingerprint density at radius 3 is 2.22 bits per heavy atom. The first kappa shape index (κ1) is 25.5. The van der Waals surface area contributed by atoms with E-state index in [1.807, 2.05) is 25.1 Å². The minimum absolute atomic E-state index is 0.0243. The van der Waals surface area contributed by atoms with Gasteiger partial charge in [-0.3, -0.25) is 14.9 Å². The highest BCUT2D eigenvalue weighted by Gasteiger charge is 2.58. The lowest BCUT2D eigenvalue weighted by molar-refractivity contribution is -0.129. The molecule has 2 amide bonds. The number of rotatable bonds is 7. The molecular weight excluding hydrogens is 514 g/mol. The second kappa shape index (κ2) is 9.60. The number of imide groups is 1. The number of ether oxygens (including phenoxy) is 3. The number of thioether (sulfide) groups is 1. The molecule has 0 aliphatic carbocycles. The molecule has 2 heterocycles. The summed E-state index contributed by atoms with van der Waals surface area (Å²) in [6.07, 6.45) is -0.224. The van der Waals surface area contributed by atoms with Crippen molar-refractivity contribution in [3.05, 3.63) is 95.1 Å². The first-order valence-electron chi connectivity index (χ1n) is 11.6. The van der Waals surface area contributed by atoms with Gasteiger partial charge in [0.25, 0.3) is 11.1 Å². The normalized spacial score (nSPS) is 21.1. The molecule has 1 N–H and O–H groups in total. The smallest absolute Gasteiger partial charge is 0.287 e. The molecule has 192 valence electrons. The molecule has 2 aliphatic heterocycles. The molecule has 0 saturated carbocycles. The van der Waals surface area contributed by atoms with Crippen LogP contribution in [-0.2, 0) is 36.3 Å². The van der Waals surface area contributed by atoms with Crippen LogP contribution in [0.4, 0.5) is 4.79 Å². The van der Waals surface area contributed by atoms with E-state index in [-0.39, 0.29) is 11.3 Å². The van der Waals surface area contributed by atoms with Gasteiger partial charge in [0.15, 0.2) is 0 Å². The van der Waals surface area contributed by atoms with Crippen LogP contribution in [0, 0.1) is 6.92 Å². The van der Waals surface area contributed by atoms with Crippen LogP contribution in [0.25, 0.3) is 0 Å². The van der Waals surface area contributed by atoms with E-state index in [2.05, 4.69) is 5.32 Å². The van der Waals surface area contributed by atoms with Gasteiger partial charge in [0.1, 0.15) is 5.75 Å². The molecule has 3 aromatic rings. The summed E-state index contributed by atoms with van der Waals surface area (Å²) in [6, 6.07) is 20.6. The predicted octanol–water partition coefficient (Wildman–Crippen LogP) is 3.95. The number of sulfone groups is 1. The molecule has 2 aliphatic rings. The topological polar surface area (TPSA) is 108 Å². The first-order valence-corrected chi connectivity index (χ1v) is 13.9. The van der Waals surface area contributed by atoms with E-state index >= 15 is 0 Å². The van der Waals surface area contributed by atoms with Gasteiger partial charge in [0.05, 0.1) is 25.2 Å². The molecule has 3 aromatic carbocycles. The second-order valence-electron chi connectivity index (χ2n) is 8.83. The fourth-order valence-corrected chi connectivity index (χ4v) is 7.89. The summed E-state index contributed by atoms with van der Waals surface area (Å²) in [4.78, 5) is 25.3. The maximum Gasteiger partial charge on any atom is 0.287 e. The van der Waals surface area contributed by atoms with Gasteiger partial charge in [-0.1, -0.05) is 35.9 Å². The van der Waals surface area contributed by atoms with Crippen molar-refractivity contribution >= 4 is 32.7 Å². The van der Waals surface area contributed by atoms with Crippen molar-refractivity contribution in [2.45, 2.75) is 28.1 Å². The highest BCUT2D eigenvalue weighted by molar-refractivity contribution is 8.25. The average Bonchev–Trinajstić information content (AvgIpc) is 3.50. The van der Waals surface area contributed by atoms with Crippen molar-refractivity contribution in [2.24, 2.45) is 0 Å². The summed E-state index contributed by atoms with van der Waals surface area (Å²) in [5.74, 6) is -1.37. The zero-order valence-corrected chi connectivity index (χ0v) is 21.9. The maximum atomic E-state index is 13.8. The van der Waals surface area contributed by atoms with Crippen LogP contribution < -0.4 is 10.1 Å². The number of hydrogen-bond donors (Lipinski definition) is 1. The summed E-state index contributed by atoms with van der Waals surface area (Å²) in [5, 5.41) is 1.47. The summed E-state index contributed by atoms with van der Waals surface area (Å²) >= 11 is 0.496. The van der Waals surface area contributed by atoms with Crippen molar-refractivity contribution in [2.75, 3.05) is 20.3 Å². The zero-order chi connectivity index (χ0) is 26.3. The summed E-state index contributed by atoms with van der Waals surface area (Å²) < 4.78 is 43.1. The molecule has 37 heavy (non-hydrogen) atoms. The van der Waals surface area contributed by atoms with E-state index in [4.69, 9.17) is 14.2 Å². The minimum atomic E-state index is -4.25. The van der Waals surface area contributed by atoms with Crippen molar-refractivity contribution in [1.29, 1.82) is 0 Å². The van der Waals surface area contributed by atoms with Crippen molar-refractivity contribution in [3.8, 4) is 5.75 Å². The molecule has 10 heteroatoms. The van der Waals surface area contributed by atoms with Gasteiger partial charge in [-0.25, -0.2) is 8.42 Å². The average molecular weight is 540 g/mol. The van der Waals surface area contributed by atoms with Crippen LogP contribution in [-0.4, -0.2) is 44.0 Å². The van der Waals surface area contributed by atoms with E-state index in [1.165, 1.54) is 12.1 Å². The molecule has 8 nitrogen and oxygen atoms in total. The molecular formula is C27H25NO7S2. The molecule has 2 fully saturated rings. The zero-order valence-electron chi connectivity index (χ0n) is 20.2.